The number of rotatable bonds is 3. The molecule has 0 saturated heterocycles. The summed E-state index contributed by atoms with van der Waals surface area (Å²) in [5.74, 6) is -0.0354. The topological polar surface area (TPSA) is 73.9 Å². The Morgan fingerprint density at radius 3 is 2.90 bits per heavy atom. The zero-order valence-electron chi connectivity index (χ0n) is 11.7. The molecule has 2 aromatic rings. The van der Waals surface area contributed by atoms with Gasteiger partial charge in [0, 0.05) is 17.8 Å². The fourth-order valence-electron chi connectivity index (χ4n) is 2.80. The lowest BCUT2D eigenvalue weighted by Gasteiger charge is -2.24. The molecule has 1 atom stereocenters. The van der Waals surface area contributed by atoms with E-state index in [-0.39, 0.29) is 29.9 Å². The standard InChI is InChI=1S/C16H17NO4/c1-10-6-11-4-2-3-5-13(11)17(10)8-15-16(20)14(19)7-12(9-18)21-15/h2-5,7,10,18,20H,6,8-9H2,1H3/t10-/m1/s1. The number of anilines is 1. The first-order valence-electron chi connectivity index (χ1n) is 6.90. The van der Waals surface area contributed by atoms with Gasteiger partial charge in [-0.2, -0.15) is 0 Å². The van der Waals surface area contributed by atoms with Crippen molar-refractivity contribution < 1.29 is 14.6 Å². The van der Waals surface area contributed by atoms with E-state index in [1.165, 1.54) is 5.56 Å². The lowest BCUT2D eigenvalue weighted by Crippen LogP contribution is -2.29. The Hall–Kier alpha value is -2.27. The maximum absolute atomic E-state index is 11.7. The van der Waals surface area contributed by atoms with E-state index >= 15 is 0 Å². The summed E-state index contributed by atoms with van der Waals surface area (Å²) in [6.45, 7) is 2.02. The lowest BCUT2D eigenvalue weighted by molar-refractivity contribution is 0.235. The van der Waals surface area contributed by atoms with Gasteiger partial charge in [0.25, 0.3) is 0 Å². The monoisotopic (exact) mass is 287 g/mol. The number of aliphatic hydroxyl groups is 1. The van der Waals surface area contributed by atoms with Crippen LogP contribution in [0.25, 0.3) is 0 Å². The van der Waals surface area contributed by atoms with Crippen LogP contribution in [0.5, 0.6) is 5.75 Å². The van der Waals surface area contributed by atoms with Gasteiger partial charge in [0.2, 0.25) is 11.2 Å². The summed E-state index contributed by atoms with van der Waals surface area (Å²) in [4.78, 5) is 13.8. The molecule has 0 unspecified atom stereocenters. The third kappa shape index (κ3) is 2.40. The largest absolute Gasteiger partial charge is 0.502 e. The predicted molar refractivity (Wildman–Crippen MR) is 78.4 cm³/mol. The fourth-order valence-corrected chi connectivity index (χ4v) is 2.80. The molecule has 0 spiro atoms. The third-order valence-corrected chi connectivity index (χ3v) is 3.86. The van der Waals surface area contributed by atoms with Crippen LogP contribution in [0.1, 0.15) is 24.0 Å². The summed E-state index contributed by atoms with van der Waals surface area (Å²) in [6, 6.07) is 9.42. The first-order chi connectivity index (χ1) is 10.1. The number of fused-ring (bicyclic) bond motifs is 1. The molecule has 0 fully saturated rings. The summed E-state index contributed by atoms with van der Waals surface area (Å²) in [5.41, 5.74) is 1.80. The smallest absolute Gasteiger partial charge is 0.227 e. The van der Waals surface area contributed by atoms with Crippen molar-refractivity contribution in [1.82, 2.24) is 0 Å². The van der Waals surface area contributed by atoms with Crippen LogP contribution < -0.4 is 10.3 Å². The molecule has 21 heavy (non-hydrogen) atoms. The Labute approximate surface area is 122 Å². The van der Waals surface area contributed by atoms with Gasteiger partial charge in [-0.15, -0.1) is 0 Å². The summed E-state index contributed by atoms with van der Waals surface area (Å²) in [7, 11) is 0. The molecular weight excluding hydrogens is 270 g/mol. The summed E-state index contributed by atoms with van der Waals surface area (Å²) in [5, 5.41) is 19.0. The normalized spacial score (nSPS) is 17.0. The first kappa shape index (κ1) is 13.7. The SMILES string of the molecule is C[C@@H]1Cc2ccccc2N1Cc1oc(CO)cc(=O)c1O. The number of nitrogens with zero attached hydrogens (tertiary/aromatic N) is 1. The molecule has 0 aliphatic carbocycles. The minimum absolute atomic E-state index is 0.160. The van der Waals surface area contributed by atoms with Crippen LogP contribution in [0.2, 0.25) is 0 Å². The quantitative estimate of drug-likeness (QED) is 0.900. The van der Waals surface area contributed by atoms with Gasteiger partial charge in [-0.05, 0) is 25.0 Å². The molecule has 5 nitrogen and oxygen atoms in total. The van der Waals surface area contributed by atoms with Crippen LogP contribution in [0.3, 0.4) is 0 Å². The van der Waals surface area contributed by atoms with Crippen molar-refractivity contribution >= 4 is 5.69 Å². The maximum atomic E-state index is 11.7. The van der Waals surface area contributed by atoms with Crippen LogP contribution >= 0.6 is 0 Å². The zero-order chi connectivity index (χ0) is 15.0. The van der Waals surface area contributed by atoms with E-state index in [4.69, 9.17) is 9.52 Å². The number of hydrogen-bond acceptors (Lipinski definition) is 5. The number of para-hydroxylation sites is 1. The highest BCUT2D eigenvalue weighted by molar-refractivity contribution is 5.59. The van der Waals surface area contributed by atoms with Gasteiger partial charge in [-0.1, -0.05) is 18.2 Å². The van der Waals surface area contributed by atoms with Crippen LogP contribution in [0.4, 0.5) is 5.69 Å². The zero-order valence-corrected chi connectivity index (χ0v) is 11.7. The highest BCUT2D eigenvalue weighted by Crippen LogP contribution is 2.33. The van der Waals surface area contributed by atoms with Gasteiger partial charge in [-0.3, -0.25) is 4.79 Å². The van der Waals surface area contributed by atoms with E-state index in [1.807, 2.05) is 18.2 Å². The van der Waals surface area contributed by atoms with Gasteiger partial charge in [0.15, 0.2) is 5.76 Å². The molecule has 5 heteroatoms. The molecule has 1 aliphatic heterocycles. The van der Waals surface area contributed by atoms with Crippen LogP contribution in [-0.2, 0) is 19.6 Å². The first-order valence-corrected chi connectivity index (χ1v) is 6.90. The van der Waals surface area contributed by atoms with E-state index in [0.29, 0.717) is 6.54 Å². The van der Waals surface area contributed by atoms with Crippen molar-refractivity contribution in [2.45, 2.75) is 32.5 Å². The maximum Gasteiger partial charge on any atom is 0.227 e. The van der Waals surface area contributed by atoms with Crippen molar-refractivity contribution in [3.8, 4) is 5.75 Å². The molecule has 0 bridgehead atoms. The molecule has 0 radical (unpaired) electrons. The molecule has 1 aromatic heterocycles. The van der Waals surface area contributed by atoms with Crippen molar-refractivity contribution in [2.24, 2.45) is 0 Å². The lowest BCUT2D eigenvalue weighted by atomic mass is 10.1. The van der Waals surface area contributed by atoms with Gasteiger partial charge >= 0.3 is 0 Å². The number of hydrogen-bond donors (Lipinski definition) is 2. The predicted octanol–water partition coefficient (Wildman–Crippen LogP) is 1.79. The second-order valence-corrected chi connectivity index (χ2v) is 5.32. The summed E-state index contributed by atoms with van der Waals surface area (Å²) >= 11 is 0. The summed E-state index contributed by atoms with van der Waals surface area (Å²) < 4.78 is 5.42. The number of benzene rings is 1. The second-order valence-electron chi connectivity index (χ2n) is 5.32. The minimum Gasteiger partial charge on any atom is -0.502 e. The minimum atomic E-state index is -0.527. The number of aromatic hydroxyl groups is 1. The van der Waals surface area contributed by atoms with E-state index in [0.717, 1.165) is 18.2 Å². The van der Waals surface area contributed by atoms with E-state index in [9.17, 15) is 9.90 Å². The van der Waals surface area contributed by atoms with E-state index < -0.39 is 5.43 Å². The summed E-state index contributed by atoms with van der Waals surface area (Å²) in [6.07, 6.45) is 0.918. The van der Waals surface area contributed by atoms with Gasteiger partial charge < -0.3 is 19.5 Å². The second kappa shape index (κ2) is 5.26. The van der Waals surface area contributed by atoms with Crippen molar-refractivity contribution in [3.63, 3.8) is 0 Å². The molecule has 2 heterocycles. The average molecular weight is 287 g/mol. The molecular formula is C16H17NO4. The van der Waals surface area contributed by atoms with Gasteiger partial charge in [0.05, 0.1) is 6.54 Å². The van der Waals surface area contributed by atoms with E-state index in [1.54, 1.807) is 0 Å². The third-order valence-electron chi connectivity index (χ3n) is 3.86. The Morgan fingerprint density at radius 1 is 1.38 bits per heavy atom. The van der Waals surface area contributed by atoms with Gasteiger partial charge in [-0.25, -0.2) is 0 Å². The Balaban J connectivity index is 1.98. The Kier molecular flexibility index (Phi) is 3.43. The van der Waals surface area contributed by atoms with Crippen LogP contribution in [0.15, 0.2) is 39.5 Å². The van der Waals surface area contributed by atoms with Crippen molar-refractivity contribution in [1.29, 1.82) is 0 Å². The molecule has 0 amide bonds. The Morgan fingerprint density at radius 2 is 2.14 bits per heavy atom. The van der Waals surface area contributed by atoms with E-state index in [2.05, 4.69) is 17.9 Å². The van der Waals surface area contributed by atoms with Gasteiger partial charge in [0.1, 0.15) is 12.4 Å². The van der Waals surface area contributed by atoms with Crippen LogP contribution in [0, 0.1) is 0 Å². The Bertz CT molecular complexity index is 722. The molecule has 1 aliphatic rings. The highest BCUT2D eigenvalue weighted by Gasteiger charge is 2.27. The molecule has 2 N–H and O–H groups in total. The molecule has 110 valence electrons. The highest BCUT2D eigenvalue weighted by atomic mass is 16.4. The average Bonchev–Trinajstić information content (AvgIpc) is 2.79. The van der Waals surface area contributed by atoms with Crippen LogP contribution in [-0.4, -0.2) is 16.3 Å². The van der Waals surface area contributed by atoms with Crippen molar-refractivity contribution in [2.75, 3.05) is 4.90 Å². The fraction of sp³-hybridized carbons (Fsp3) is 0.312. The molecule has 0 saturated carbocycles. The molecule has 3 rings (SSSR count). The van der Waals surface area contributed by atoms with Crippen molar-refractivity contribution in [3.05, 3.63) is 57.6 Å². The molecule has 1 aromatic carbocycles. The number of aliphatic hydroxyl groups excluding tert-OH is 1.